The van der Waals surface area contributed by atoms with Gasteiger partial charge in [-0.15, -0.1) is 0 Å². The van der Waals surface area contributed by atoms with E-state index in [-0.39, 0.29) is 18.3 Å². The maximum Gasteiger partial charge on any atom is 0.246 e. The molecule has 4 heteroatoms. The summed E-state index contributed by atoms with van der Waals surface area (Å²) < 4.78 is 0. The van der Waals surface area contributed by atoms with Crippen LogP contribution in [0.15, 0.2) is 12.2 Å². The highest BCUT2D eigenvalue weighted by atomic mass is 35.5. The Hall–Kier alpha value is -0.540. The molecule has 0 fully saturated rings. The van der Waals surface area contributed by atoms with Gasteiger partial charge in [-0.3, -0.25) is 4.79 Å². The lowest BCUT2D eigenvalue weighted by atomic mass is 10.1. The molecule has 0 heterocycles. The molecule has 3 nitrogen and oxygen atoms in total. The van der Waals surface area contributed by atoms with Gasteiger partial charge in [-0.1, -0.05) is 64.9 Å². The predicted molar refractivity (Wildman–Crippen MR) is 101 cm³/mol. The molecule has 0 bridgehead atoms. The molecular weight excluding hydrogens is 320 g/mol. The van der Waals surface area contributed by atoms with E-state index in [9.17, 15) is 4.79 Å². The average molecular weight is 361 g/mol. The average Bonchev–Trinajstić information content (AvgIpc) is 2.53. The minimum absolute atomic E-state index is 0. The summed E-state index contributed by atoms with van der Waals surface area (Å²) in [5.74, 6) is -0.0163. The van der Waals surface area contributed by atoms with Crippen LogP contribution >= 0.6 is 0 Å². The molecule has 0 aliphatic heterocycles. The lowest BCUT2D eigenvalue weighted by Gasteiger charge is -2.14. The van der Waals surface area contributed by atoms with Crippen molar-refractivity contribution in [2.24, 2.45) is 0 Å². The molecule has 1 amide bonds. The second kappa shape index (κ2) is 18.8. The van der Waals surface area contributed by atoms with Crippen molar-refractivity contribution < 1.29 is 22.1 Å². The summed E-state index contributed by atoms with van der Waals surface area (Å²) in [6.45, 7) is 10.8. The molecule has 0 rings (SSSR count). The van der Waals surface area contributed by atoms with E-state index in [1.807, 2.05) is 0 Å². The molecule has 0 saturated carbocycles. The Morgan fingerprint density at radius 1 is 0.875 bits per heavy atom. The van der Waals surface area contributed by atoms with Crippen molar-refractivity contribution in [2.45, 2.75) is 84.5 Å². The van der Waals surface area contributed by atoms with Crippen LogP contribution in [0.1, 0.15) is 84.5 Å². The maximum absolute atomic E-state index is 11.3. The standard InChI is InChI=1S/C20H40N2O.ClH/c1-5-6-7-8-9-10-11-12-13-14-17-22(4)18-15-16-21-20(23)19(2)3;/h2,5-18H2,1,3-4H3,(H,21,23);1H. The fourth-order valence-electron chi connectivity index (χ4n) is 2.78. The summed E-state index contributed by atoms with van der Waals surface area (Å²) in [4.78, 5) is 12.9. The fraction of sp³-hybridized carbons (Fsp3) is 0.850. The van der Waals surface area contributed by atoms with Crippen LogP contribution in [0.5, 0.6) is 0 Å². The van der Waals surface area contributed by atoms with Crippen LogP contribution in [-0.4, -0.2) is 32.6 Å². The molecule has 0 radical (unpaired) electrons. The quantitative estimate of drug-likeness (QED) is 0.305. The largest absolute Gasteiger partial charge is 1.00 e. The van der Waals surface area contributed by atoms with Gasteiger partial charge in [0.05, 0.1) is 20.1 Å². The smallest absolute Gasteiger partial charge is 0.246 e. The van der Waals surface area contributed by atoms with Crippen molar-refractivity contribution in [3.8, 4) is 0 Å². The predicted octanol–water partition coefficient (Wildman–Crippen LogP) is 0.508. The van der Waals surface area contributed by atoms with Gasteiger partial charge in [0.1, 0.15) is 0 Å². The number of nitrogens with one attached hydrogen (secondary N) is 2. The SMILES string of the molecule is C=C(C)C(=O)NCCC[NH+](C)CCCCCCCCCCCC.[Cl-]. The molecule has 1 unspecified atom stereocenters. The Bertz CT molecular complexity index is 308. The van der Waals surface area contributed by atoms with Gasteiger partial charge < -0.3 is 22.6 Å². The van der Waals surface area contributed by atoms with E-state index in [0.29, 0.717) is 5.57 Å². The number of amides is 1. The van der Waals surface area contributed by atoms with E-state index >= 15 is 0 Å². The molecule has 24 heavy (non-hydrogen) atoms. The van der Waals surface area contributed by atoms with Gasteiger partial charge in [-0.2, -0.15) is 0 Å². The van der Waals surface area contributed by atoms with E-state index in [4.69, 9.17) is 0 Å². The molecular formula is C20H41ClN2O. The maximum atomic E-state index is 11.3. The highest BCUT2D eigenvalue weighted by molar-refractivity contribution is 5.91. The molecule has 0 aliphatic carbocycles. The van der Waals surface area contributed by atoms with E-state index in [0.717, 1.165) is 19.5 Å². The van der Waals surface area contributed by atoms with Gasteiger partial charge in [0.2, 0.25) is 5.91 Å². The normalized spacial score (nSPS) is 11.6. The Labute approximate surface area is 157 Å². The van der Waals surface area contributed by atoms with Gasteiger partial charge in [0.25, 0.3) is 0 Å². The number of hydrogen-bond donors (Lipinski definition) is 2. The van der Waals surface area contributed by atoms with Crippen molar-refractivity contribution in [2.75, 3.05) is 26.7 Å². The number of halogens is 1. The molecule has 0 aromatic heterocycles. The van der Waals surface area contributed by atoms with E-state index < -0.39 is 0 Å². The first kappa shape index (κ1) is 25.7. The highest BCUT2D eigenvalue weighted by Gasteiger charge is 2.03. The minimum Gasteiger partial charge on any atom is -1.00 e. The van der Waals surface area contributed by atoms with Crippen molar-refractivity contribution in [3.05, 3.63) is 12.2 Å². The summed E-state index contributed by atoms with van der Waals surface area (Å²) in [6.07, 6.45) is 15.0. The Morgan fingerprint density at radius 2 is 1.33 bits per heavy atom. The first-order chi connectivity index (χ1) is 11.1. The summed E-state index contributed by atoms with van der Waals surface area (Å²) >= 11 is 0. The van der Waals surface area contributed by atoms with E-state index in [2.05, 4.69) is 25.9 Å². The van der Waals surface area contributed by atoms with Crippen molar-refractivity contribution in [1.82, 2.24) is 5.32 Å². The zero-order chi connectivity index (χ0) is 17.3. The number of carbonyl (C=O) groups excluding carboxylic acids is 1. The van der Waals surface area contributed by atoms with Crippen LogP contribution in [0.3, 0.4) is 0 Å². The Kier molecular flexibility index (Phi) is 20.1. The number of unbranched alkanes of at least 4 members (excludes halogenated alkanes) is 9. The van der Waals surface area contributed by atoms with Crippen LogP contribution in [-0.2, 0) is 4.79 Å². The summed E-state index contributed by atoms with van der Waals surface area (Å²) in [5.41, 5.74) is 0.594. The summed E-state index contributed by atoms with van der Waals surface area (Å²) in [5, 5.41) is 2.89. The molecule has 0 saturated heterocycles. The second-order valence-corrected chi connectivity index (χ2v) is 7.03. The van der Waals surface area contributed by atoms with E-state index in [1.165, 1.54) is 70.8 Å². The van der Waals surface area contributed by atoms with Crippen LogP contribution in [0.25, 0.3) is 0 Å². The van der Waals surface area contributed by atoms with Crippen LogP contribution in [0.2, 0.25) is 0 Å². The topological polar surface area (TPSA) is 33.5 Å². The Balaban J connectivity index is 0. The lowest BCUT2D eigenvalue weighted by Crippen LogP contribution is -3.09. The lowest BCUT2D eigenvalue weighted by molar-refractivity contribution is -0.879. The van der Waals surface area contributed by atoms with Gasteiger partial charge in [-0.25, -0.2) is 0 Å². The van der Waals surface area contributed by atoms with Gasteiger partial charge in [-0.05, 0) is 19.8 Å². The molecule has 144 valence electrons. The first-order valence-electron chi connectivity index (χ1n) is 9.83. The van der Waals surface area contributed by atoms with Gasteiger partial charge in [0.15, 0.2) is 0 Å². The number of rotatable bonds is 16. The summed E-state index contributed by atoms with van der Waals surface area (Å²) in [6, 6.07) is 0. The molecule has 1 atom stereocenters. The van der Waals surface area contributed by atoms with Gasteiger partial charge in [0, 0.05) is 18.5 Å². The molecule has 0 aromatic rings. The molecule has 2 N–H and O–H groups in total. The number of hydrogen-bond acceptors (Lipinski definition) is 1. The van der Waals surface area contributed by atoms with Crippen molar-refractivity contribution in [3.63, 3.8) is 0 Å². The van der Waals surface area contributed by atoms with Crippen molar-refractivity contribution >= 4 is 5.91 Å². The highest BCUT2D eigenvalue weighted by Crippen LogP contribution is 2.09. The monoisotopic (exact) mass is 360 g/mol. The molecule has 0 aromatic carbocycles. The van der Waals surface area contributed by atoms with Crippen LogP contribution < -0.4 is 22.6 Å². The second-order valence-electron chi connectivity index (χ2n) is 7.03. The van der Waals surface area contributed by atoms with Crippen LogP contribution in [0.4, 0.5) is 0 Å². The minimum atomic E-state index is -0.0163. The third-order valence-corrected chi connectivity index (χ3v) is 4.41. The zero-order valence-corrected chi connectivity index (χ0v) is 17.1. The molecule has 0 aliphatic rings. The third kappa shape index (κ3) is 17.8. The number of quaternary nitrogens is 1. The Morgan fingerprint density at radius 3 is 1.83 bits per heavy atom. The zero-order valence-electron chi connectivity index (χ0n) is 16.4. The van der Waals surface area contributed by atoms with E-state index in [1.54, 1.807) is 11.8 Å². The van der Waals surface area contributed by atoms with Crippen molar-refractivity contribution in [1.29, 1.82) is 0 Å². The van der Waals surface area contributed by atoms with Crippen LogP contribution in [0, 0.1) is 0 Å². The summed E-state index contributed by atoms with van der Waals surface area (Å²) in [7, 11) is 2.26. The first-order valence-corrected chi connectivity index (χ1v) is 9.83. The van der Waals surface area contributed by atoms with Gasteiger partial charge >= 0.3 is 0 Å². The molecule has 0 spiro atoms. The number of carbonyl (C=O) groups is 1. The fourth-order valence-corrected chi connectivity index (χ4v) is 2.78. The third-order valence-electron chi connectivity index (χ3n) is 4.41.